The molecule has 6 nitrogen and oxygen atoms in total. The second-order valence-electron chi connectivity index (χ2n) is 5.96. The number of nitrogens with one attached hydrogen (secondary N) is 1. The Morgan fingerprint density at radius 1 is 1.17 bits per heavy atom. The normalized spacial score (nSPS) is 14.2. The first kappa shape index (κ1) is 18.9. The second-order valence-corrected chi connectivity index (χ2v) is 6.82. The first-order valence-electron chi connectivity index (χ1n) is 8.41. The quantitative estimate of drug-likeness (QED) is 0.606. The lowest BCUT2D eigenvalue weighted by Gasteiger charge is -2.04. The first-order chi connectivity index (χ1) is 13.9. The van der Waals surface area contributed by atoms with E-state index in [9.17, 15) is 13.6 Å². The van der Waals surface area contributed by atoms with E-state index in [-0.39, 0.29) is 11.5 Å². The summed E-state index contributed by atoms with van der Waals surface area (Å²) in [6.45, 7) is 0. The third-order valence-corrected chi connectivity index (χ3v) is 4.73. The van der Waals surface area contributed by atoms with Crippen LogP contribution in [0.1, 0.15) is 5.56 Å². The van der Waals surface area contributed by atoms with Crippen molar-refractivity contribution in [3.63, 3.8) is 0 Å². The zero-order valence-electron chi connectivity index (χ0n) is 15.0. The SMILES string of the molecule is COc1ccc(-c2csc(NC(=O)/C=C\c3ccc4c(c3)OC(F)(F)O4)n2)cc1. The van der Waals surface area contributed by atoms with Crippen molar-refractivity contribution in [1.29, 1.82) is 0 Å². The van der Waals surface area contributed by atoms with Crippen molar-refractivity contribution in [2.45, 2.75) is 6.29 Å². The Balaban J connectivity index is 1.40. The van der Waals surface area contributed by atoms with Gasteiger partial charge in [0.15, 0.2) is 16.6 Å². The number of amides is 1. The minimum atomic E-state index is -3.67. The first-order valence-corrected chi connectivity index (χ1v) is 9.29. The third-order valence-electron chi connectivity index (χ3n) is 3.97. The van der Waals surface area contributed by atoms with Crippen molar-refractivity contribution >= 4 is 28.5 Å². The number of halogens is 2. The van der Waals surface area contributed by atoms with Crippen molar-refractivity contribution in [3.8, 4) is 28.5 Å². The molecular weight excluding hydrogens is 402 g/mol. The molecule has 29 heavy (non-hydrogen) atoms. The molecule has 1 aliphatic heterocycles. The van der Waals surface area contributed by atoms with Crippen LogP contribution in [-0.4, -0.2) is 24.3 Å². The fraction of sp³-hybridized carbons (Fsp3) is 0.100. The lowest BCUT2D eigenvalue weighted by molar-refractivity contribution is -0.286. The molecule has 148 valence electrons. The molecule has 0 atom stereocenters. The van der Waals surface area contributed by atoms with E-state index >= 15 is 0 Å². The number of ether oxygens (including phenoxy) is 3. The van der Waals surface area contributed by atoms with Gasteiger partial charge in [-0.2, -0.15) is 0 Å². The highest BCUT2D eigenvalue weighted by molar-refractivity contribution is 7.14. The number of nitrogens with zero attached hydrogens (tertiary/aromatic N) is 1. The fourth-order valence-electron chi connectivity index (χ4n) is 2.61. The number of benzene rings is 2. The van der Waals surface area contributed by atoms with Crippen LogP contribution in [0.3, 0.4) is 0 Å². The van der Waals surface area contributed by atoms with Crippen LogP contribution in [0.2, 0.25) is 0 Å². The largest absolute Gasteiger partial charge is 0.586 e. The maximum absolute atomic E-state index is 13.0. The van der Waals surface area contributed by atoms with E-state index in [1.165, 1.54) is 35.6 Å². The minimum absolute atomic E-state index is 0.0505. The molecule has 0 fully saturated rings. The van der Waals surface area contributed by atoms with Crippen LogP contribution in [0.15, 0.2) is 53.9 Å². The second kappa shape index (κ2) is 7.51. The number of alkyl halides is 2. The molecule has 0 spiro atoms. The summed E-state index contributed by atoms with van der Waals surface area (Å²) in [6.07, 6.45) is -0.911. The molecule has 1 aromatic heterocycles. The van der Waals surface area contributed by atoms with Crippen LogP contribution >= 0.6 is 11.3 Å². The zero-order chi connectivity index (χ0) is 20.4. The van der Waals surface area contributed by atoms with E-state index in [1.807, 2.05) is 29.6 Å². The highest BCUT2D eigenvalue weighted by Crippen LogP contribution is 2.41. The average molecular weight is 416 g/mol. The smallest absolute Gasteiger partial charge is 0.497 e. The van der Waals surface area contributed by atoms with E-state index < -0.39 is 12.2 Å². The summed E-state index contributed by atoms with van der Waals surface area (Å²) in [5, 5.41) is 4.94. The number of fused-ring (bicyclic) bond motifs is 1. The summed E-state index contributed by atoms with van der Waals surface area (Å²) >= 11 is 1.29. The van der Waals surface area contributed by atoms with Crippen molar-refractivity contribution in [1.82, 2.24) is 4.98 Å². The van der Waals surface area contributed by atoms with Gasteiger partial charge in [-0.3, -0.25) is 10.1 Å². The zero-order valence-corrected chi connectivity index (χ0v) is 15.8. The summed E-state index contributed by atoms with van der Waals surface area (Å²) in [5.74, 6) is 0.213. The van der Waals surface area contributed by atoms with Crippen LogP contribution in [-0.2, 0) is 4.79 Å². The van der Waals surface area contributed by atoms with Crippen LogP contribution in [0.4, 0.5) is 13.9 Å². The molecule has 4 rings (SSSR count). The molecule has 1 aliphatic rings. The summed E-state index contributed by atoms with van der Waals surface area (Å²) in [6, 6.07) is 11.7. The minimum Gasteiger partial charge on any atom is -0.497 e. The average Bonchev–Trinajstić information content (AvgIpc) is 3.28. The lowest BCUT2D eigenvalue weighted by Crippen LogP contribution is -2.25. The summed E-state index contributed by atoms with van der Waals surface area (Å²) < 4.78 is 39.9. The molecule has 9 heteroatoms. The van der Waals surface area contributed by atoms with Gasteiger partial charge < -0.3 is 14.2 Å². The van der Waals surface area contributed by atoms with Gasteiger partial charge in [0, 0.05) is 17.0 Å². The molecule has 0 unspecified atom stereocenters. The topological polar surface area (TPSA) is 69.7 Å². The van der Waals surface area contributed by atoms with Crippen molar-refractivity contribution in [3.05, 3.63) is 59.5 Å². The Morgan fingerprint density at radius 3 is 2.69 bits per heavy atom. The summed E-state index contributed by atoms with van der Waals surface area (Å²) in [4.78, 5) is 16.5. The van der Waals surface area contributed by atoms with Gasteiger partial charge in [0.1, 0.15) is 5.75 Å². The highest BCUT2D eigenvalue weighted by atomic mass is 32.1. The van der Waals surface area contributed by atoms with Gasteiger partial charge in [0.2, 0.25) is 5.91 Å². The highest BCUT2D eigenvalue weighted by Gasteiger charge is 2.43. The standard InChI is InChI=1S/C20H14F2N2O4S/c1-26-14-6-4-13(5-7-14)15-11-29-19(23-15)24-18(25)9-3-12-2-8-16-17(10-12)28-20(21,22)27-16/h2-11H,1H3,(H,23,24,25)/b9-3-. The number of thiazole rings is 1. The molecular formula is C20H14F2N2O4S. The van der Waals surface area contributed by atoms with Gasteiger partial charge in [-0.15, -0.1) is 20.1 Å². The van der Waals surface area contributed by atoms with Gasteiger partial charge in [-0.1, -0.05) is 6.07 Å². The fourth-order valence-corrected chi connectivity index (χ4v) is 3.34. The number of rotatable bonds is 5. The van der Waals surface area contributed by atoms with E-state index in [0.717, 1.165) is 17.0 Å². The van der Waals surface area contributed by atoms with E-state index in [4.69, 9.17) is 4.74 Å². The number of methoxy groups -OCH3 is 1. The Kier molecular flexibility index (Phi) is 4.89. The number of carbonyl (C=O) groups excluding carboxylic acids is 1. The van der Waals surface area contributed by atoms with Crippen molar-refractivity contribution in [2.75, 3.05) is 12.4 Å². The summed E-state index contributed by atoms with van der Waals surface area (Å²) in [7, 11) is 1.60. The molecule has 0 bridgehead atoms. The Hall–Kier alpha value is -3.46. The number of aromatic nitrogens is 1. The number of anilines is 1. The molecule has 0 saturated carbocycles. The molecule has 2 aromatic carbocycles. The predicted octanol–water partition coefficient (Wildman–Crippen LogP) is 4.79. The number of carbonyl (C=O) groups is 1. The summed E-state index contributed by atoms with van der Waals surface area (Å²) in [5.41, 5.74) is 2.14. The van der Waals surface area contributed by atoms with Gasteiger partial charge >= 0.3 is 6.29 Å². The van der Waals surface area contributed by atoms with E-state index in [1.54, 1.807) is 13.2 Å². The van der Waals surface area contributed by atoms with Crippen LogP contribution in [0.25, 0.3) is 17.3 Å². The number of hydrogen-bond donors (Lipinski definition) is 1. The molecule has 0 saturated heterocycles. The van der Waals surface area contributed by atoms with Gasteiger partial charge in [-0.25, -0.2) is 4.98 Å². The molecule has 0 radical (unpaired) electrons. The maximum atomic E-state index is 13.0. The van der Waals surface area contributed by atoms with Crippen molar-refractivity contribution in [2.24, 2.45) is 0 Å². The third kappa shape index (κ3) is 4.35. The molecule has 2 heterocycles. The van der Waals surface area contributed by atoms with Crippen molar-refractivity contribution < 1.29 is 27.8 Å². The van der Waals surface area contributed by atoms with E-state index in [0.29, 0.717) is 10.7 Å². The Morgan fingerprint density at radius 2 is 1.93 bits per heavy atom. The molecule has 3 aromatic rings. The van der Waals surface area contributed by atoms with Gasteiger partial charge in [-0.05, 0) is 48.0 Å². The maximum Gasteiger partial charge on any atom is 0.586 e. The van der Waals surface area contributed by atoms with Crippen LogP contribution < -0.4 is 19.5 Å². The molecule has 1 N–H and O–H groups in total. The van der Waals surface area contributed by atoms with Crippen LogP contribution in [0.5, 0.6) is 17.2 Å². The van der Waals surface area contributed by atoms with Crippen LogP contribution in [0, 0.1) is 0 Å². The molecule has 1 amide bonds. The molecule has 0 aliphatic carbocycles. The Bertz CT molecular complexity index is 1080. The number of hydrogen-bond acceptors (Lipinski definition) is 6. The van der Waals surface area contributed by atoms with Gasteiger partial charge in [0.05, 0.1) is 12.8 Å². The van der Waals surface area contributed by atoms with E-state index in [2.05, 4.69) is 19.8 Å². The predicted molar refractivity (Wildman–Crippen MR) is 104 cm³/mol. The van der Waals surface area contributed by atoms with Gasteiger partial charge in [0.25, 0.3) is 0 Å². The monoisotopic (exact) mass is 416 g/mol. The lowest BCUT2D eigenvalue weighted by atomic mass is 10.2. The Labute approximate surface area is 168 Å².